The molecule has 2 atom stereocenters. The van der Waals surface area contributed by atoms with Gasteiger partial charge in [0, 0.05) is 5.92 Å². The predicted octanol–water partition coefficient (Wildman–Crippen LogP) is 1.69. The van der Waals surface area contributed by atoms with Gasteiger partial charge in [-0.1, -0.05) is 6.92 Å². The van der Waals surface area contributed by atoms with Crippen molar-refractivity contribution in [2.75, 3.05) is 0 Å². The Labute approximate surface area is 122 Å². The number of carbonyl (C=O) groups is 1. The van der Waals surface area contributed by atoms with Gasteiger partial charge in [0.1, 0.15) is 5.82 Å². The maximum Gasteiger partial charge on any atom is 0.340 e. The Hall–Kier alpha value is -1.47. The standard InChI is InChI=1S/C14H18FNO4S/c1-8-7-11(5-6-12(8)15)21(19,20)14(16,13(17)18)9(2)10-3-4-10/h5-7,9-10H,3-4,16H2,1-2H3,(H,17,18)/t9-,14+/m0/s1. The van der Waals surface area contributed by atoms with Crippen molar-refractivity contribution >= 4 is 15.8 Å². The molecule has 0 saturated heterocycles. The van der Waals surface area contributed by atoms with E-state index in [4.69, 9.17) is 5.73 Å². The van der Waals surface area contributed by atoms with Gasteiger partial charge in [-0.2, -0.15) is 0 Å². The maximum atomic E-state index is 13.3. The molecule has 1 fully saturated rings. The molecule has 0 heterocycles. The average molecular weight is 315 g/mol. The minimum atomic E-state index is -4.33. The van der Waals surface area contributed by atoms with E-state index in [0.29, 0.717) is 0 Å². The molecule has 1 aromatic rings. The van der Waals surface area contributed by atoms with E-state index in [2.05, 4.69) is 0 Å². The summed E-state index contributed by atoms with van der Waals surface area (Å²) in [5, 5.41) is 9.42. The summed E-state index contributed by atoms with van der Waals surface area (Å²) in [7, 11) is -4.33. The van der Waals surface area contributed by atoms with Crippen LogP contribution in [0.1, 0.15) is 25.3 Å². The fraction of sp³-hybridized carbons (Fsp3) is 0.500. The van der Waals surface area contributed by atoms with Crippen LogP contribution in [0.3, 0.4) is 0 Å². The third-order valence-electron chi connectivity index (χ3n) is 4.22. The minimum absolute atomic E-state index is 0.0116. The summed E-state index contributed by atoms with van der Waals surface area (Å²) in [6, 6.07) is 3.18. The van der Waals surface area contributed by atoms with E-state index in [-0.39, 0.29) is 16.4 Å². The molecular formula is C14H18FNO4S. The Kier molecular flexibility index (Phi) is 3.84. The smallest absolute Gasteiger partial charge is 0.340 e. The fourth-order valence-electron chi connectivity index (χ4n) is 2.48. The van der Waals surface area contributed by atoms with E-state index in [1.807, 2.05) is 0 Å². The van der Waals surface area contributed by atoms with Gasteiger partial charge in [0.2, 0.25) is 14.7 Å². The summed E-state index contributed by atoms with van der Waals surface area (Å²) < 4.78 is 38.7. The maximum absolute atomic E-state index is 13.3. The van der Waals surface area contributed by atoms with E-state index >= 15 is 0 Å². The lowest BCUT2D eigenvalue weighted by Gasteiger charge is -2.31. The molecule has 1 aromatic carbocycles. The van der Waals surface area contributed by atoms with Crippen molar-refractivity contribution in [1.29, 1.82) is 0 Å². The summed E-state index contributed by atoms with van der Waals surface area (Å²) in [6.07, 6.45) is 1.54. The summed E-state index contributed by atoms with van der Waals surface area (Å²) in [5.74, 6) is -2.86. The lowest BCUT2D eigenvalue weighted by molar-refractivity contribution is -0.141. The van der Waals surface area contributed by atoms with Crippen LogP contribution in [0.15, 0.2) is 23.1 Å². The molecule has 1 saturated carbocycles. The summed E-state index contributed by atoms with van der Waals surface area (Å²) in [4.78, 5) is 8.92. The highest BCUT2D eigenvalue weighted by atomic mass is 32.2. The molecule has 7 heteroatoms. The molecule has 0 unspecified atom stereocenters. The van der Waals surface area contributed by atoms with Crippen LogP contribution in [0.25, 0.3) is 0 Å². The molecule has 2 rings (SSSR count). The van der Waals surface area contributed by atoms with Crippen molar-refractivity contribution in [1.82, 2.24) is 0 Å². The lowest BCUT2D eigenvalue weighted by Crippen LogP contribution is -2.59. The first-order chi connectivity index (χ1) is 9.62. The van der Waals surface area contributed by atoms with Crippen LogP contribution in [-0.4, -0.2) is 24.4 Å². The molecule has 1 aliphatic carbocycles. The SMILES string of the molecule is Cc1cc(S(=O)(=O)[C@@](N)(C(=O)O)[C@@H](C)C2CC2)ccc1F. The number of sulfone groups is 1. The number of rotatable bonds is 5. The van der Waals surface area contributed by atoms with Gasteiger partial charge in [-0.15, -0.1) is 0 Å². The first-order valence-electron chi connectivity index (χ1n) is 6.65. The summed E-state index contributed by atoms with van der Waals surface area (Å²) in [5.41, 5.74) is 5.97. The molecule has 116 valence electrons. The van der Waals surface area contributed by atoms with Gasteiger partial charge >= 0.3 is 5.97 Å². The first-order valence-corrected chi connectivity index (χ1v) is 8.13. The Balaban J connectivity index is 2.57. The van der Waals surface area contributed by atoms with Crippen LogP contribution >= 0.6 is 0 Å². The van der Waals surface area contributed by atoms with Crippen LogP contribution in [0, 0.1) is 24.6 Å². The van der Waals surface area contributed by atoms with Crippen molar-refractivity contribution in [3.63, 3.8) is 0 Å². The number of aliphatic carboxylic acids is 1. The Bertz CT molecular complexity index is 684. The number of benzene rings is 1. The van der Waals surface area contributed by atoms with Gasteiger partial charge in [0.15, 0.2) is 0 Å². The van der Waals surface area contributed by atoms with Crippen LogP contribution in [0.2, 0.25) is 0 Å². The molecule has 5 nitrogen and oxygen atoms in total. The lowest BCUT2D eigenvalue weighted by atomic mass is 9.97. The molecule has 0 amide bonds. The highest BCUT2D eigenvalue weighted by molar-refractivity contribution is 7.93. The topological polar surface area (TPSA) is 97.5 Å². The van der Waals surface area contributed by atoms with Gasteiger partial charge < -0.3 is 10.8 Å². The third-order valence-corrected chi connectivity index (χ3v) is 6.53. The number of carboxylic acids is 1. The second kappa shape index (κ2) is 5.06. The van der Waals surface area contributed by atoms with Gasteiger partial charge in [-0.3, -0.25) is 0 Å². The quantitative estimate of drug-likeness (QED) is 0.806. The van der Waals surface area contributed by atoms with Gasteiger partial charge in [0.25, 0.3) is 0 Å². The zero-order valence-electron chi connectivity index (χ0n) is 11.8. The molecule has 3 N–H and O–H groups in total. The second-order valence-corrected chi connectivity index (χ2v) is 7.79. The Morgan fingerprint density at radius 3 is 2.48 bits per heavy atom. The number of hydrogen-bond donors (Lipinski definition) is 2. The molecule has 0 bridgehead atoms. The largest absolute Gasteiger partial charge is 0.479 e. The number of nitrogens with two attached hydrogens (primary N) is 1. The van der Waals surface area contributed by atoms with Gasteiger partial charge in [-0.25, -0.2) is 17.6 Å². The Morgan fingerprint density at radius 1 is 1.48 bits per heavy atom. The molecule has 21 heavy (non-hydrogen) atoms. The van der Waals surface area contributed by atoms with E-state index in [0.717, 1.165) is 31.0 Å². The average Bonchev–Trinajstić information content (AvgIpc) is 3.23. The fourth-order valence-corrected chi connectivity index (χ4v) is 4.36. The van der Waals surface area contributed by atoms with E-state index < -0.39 is 32.4 Å². The molecule has 0 aromatic heterocycles. The molecule has 0 aliphatic heterocycles. The van der Waals surface area contributed by atoms with Crippen molar-refractivity contribution in [2.24, 2.45) is 17.6 Å². The zero-order valence-corrected chi connectivity index (χ0v) is 12.7. The highest BCUT2D eigenvalue weighted by Crippen LogP contribution is 2.44. The van der Waals surface area contributed by atoms with E-state index in [1.165, 1.54) is 6.92 Å². The molecule has 1 aliphatic rings. The van der Waals surface area contributed by atoms with Crippen molar-refractivity contribution in [3.8, 4) is 0 Å². The van der Waals surface area contributed by atoms with Crippen LogP contribution < -0.4 is 5.73 Å². The van der Waals surface area contributed by atoms with Crippen molar-refractivity contribution in [3.05, 3.63) is 29.6 Å². The normalized spacial score (nSPS) is 19.8. The van der Waals surface area contributed by atoms with Crippen LogP contribution in [0.4, 0.5) is 4.39 Å². The number of halogens is 1. The third kappa shape index (κ3) is 2.44. The molecular weight excluding hydrogens is 297 g/mol. The van der Waals surface area contributed by atoms with Crippen molar-refractivity contribution in [2.45, 2.75) is 36.5 Å². The Morgan fingerprint density at radius 2 is 2.05 bits per heavy atom. The highest BCUT2D eigenvalue weighted by Gasteiger charge is 2.56. The van der Waals surface area contributed by atoms with Crippen LogP contribution in [-0.2, 0) is 14.6 Å². The number of aryl methyl sites for hydroxylation is 1. The minimum Gasteiger partial charge on any atom is -0.479 e. The monoisotopic (exact) mass is 315 g/mol. The van der Waals surface area contributed by atoms with E-state index in [9.17, 15) is 22.7 Å². The van der Waals surface area contributed by atoms with Gasteiger partial charge in [0.05, 0.1) is 4.90 Å². The summed E-state index contributed by atoms with van der Waals surface area (Å²) >= 11 is 0. The predicted molar refractivity (Wildman–Crippen MR) is 74.8 cm³/mol. The van der Waals surface area contributed by atoms with Crippen LogP contribution in [0.5, 0.6) is 0 Å². The molecule has 0 spiro atoms. The molecule has 0 radical (unpaired) electrons. The summed E-state index contributed by atoms with van der Waals surface area (Å²) in [6.45, 7) is 2.96. The number of hydrogen-bond acceptors (Lipinski definition) is 4. The van der Waals surface area contributed by atoms with E-state index in [1.54, 1.807) is 6.92 Å². The van der Waals surface area contributed by atoms with Gasteiger partial charge in [-0.05, 0) is 49.4 Å². The first kappa shape index (κ1) is 15.9. The zero-order chi connectivity index (χ0) is 16.0. The number of carboxylic acid groups (broad SMARTS) is 1. The second-order valence-electron chi connectivity index (χ2n) is 5.64. The van der Waals surface area contributed by atoms with Crippen molar-refractivity contribution < 1.29 is 22.7 Å².